The fraction of sp³-hybridized carbons (Fsp3) is 0.0233. The van der Waals surface area contributed by atoms with Crippen LogP contribution in [0.25, 0.3) is 78.8 Å². The molecule has 2 aromatic heterocycles. The van der Waals surface area contributed by atoms with Crippen molar-refractivity contribution in [1.82, 2.24) is 14.5 Å². The summed E-state index contributed by atoms with van der Waals surface area (Å²) in [5.74, 6) is 0.729. The Labute approximate surface area is 267 Å². The number of benzene rings is 6. The number of aromatic nitrogens is 3. The molecule has 1 aliphatic heterocycles. The molecule has 0 unspecified atom stereocenters. The Balaban J connectivity index is 1.35. The molecule has 0 amide bonds. The van der Waals surface area contributed by atoms with E-state index in [0.29, 0.717) is 0 Å². The number of hydrogen-bond donors (Lipinski definition) is 0. The van der Waals surface area contributed by atoms with E-state index >= 15 is 0 Å². The Morgan fingerprint density at radius 2 is 1.35 bits per heavy atom. The van der Waals surface area contributed by atoms with Gasteiger partial charge in [-0.1, -0.05) is 121 Å². The zero-order valence-corrected chi connectivity index (χ0v) is 25.4. The van der Waals surface area contributed by atoms with Gasteiger partial charge in [0.15, 0.2) is 5.82 Å². The summed E-state index contributed by atoms with van der Waals surface area (Å²) in [7, 11) is 0. The van der Waals surface area contributed by atoms with Gasteiger partial charge >= 0.3 is 0 Å². The molecule has 9 rings (SSSR count). The molecule has 0 atom stereocenters. The summed E-state index contributed by atoms with van der Waals surface area (Å²) in [4.78, 5) is 10.1. The number of para-hydroxylation sites is 2. The van der Waals surface area contributed by atoms with Gasteiger partial charge in [0.05, 0.1) is 27.9 Å². The summed E-state index contributed by atoms with van der Waals surface area (Å²) in [5.41, 5.74) is 13.5. The molecular formula is C43H29N3. The maximum atomic E-state index is 5.19. The Bertz CT molecular complexity index is 2520. The van der Waals surface area contributed by atoms with Crippen molar-refractivity contribution in [2.75, 3.05) is 0 Å². The van der Waals surface area contributed by atoms with Gasteiger partial charge in [0.25, 0.3) is 0 Å². The number of hydrogen-bond acceptors (Lipinski definition) is 2. The molecular weight excluding hydrogens is 558 g/mol. The third kappa shape index (κ3) is 4.13. The van der Waals surface area contributed by atoms with Crippen LogP contribution in [0.1, 0.15) is 29.2 Å². The van der Waals surface area contributed by atoms with Crippen LogP contribution in [0.15, 0.2) is 146 Å². The second-order valence-corrected chi connectivity index (χ2v) is 11.8. The van der Waals surface area contributed by atoms with Gasteiger partial charge in [-0.3, -0.25) is 0 Å². The average Bonchev–Trinajstić information content (AvgIpc) is 3.36. The standard InChI is InChI=1S/C43H29N3/c1-2-12-28-21-23-40-37(25-28)34-19-11-18-33-36(29-13-5-3-6-14-29)27-32-26-31(22-24-39(32)46(40)42(33)34)41-35-17-9-10-20-38(35)44-43(45-41)30-15-7-4-8-16-30/h2-27H,1H3/b12-2+. The van der Waals surface area contributed by atoms with Crippen molar-refractivity contribution >= 4 is 50.4 Å². The molecule has 46 heavy (non-hydrogen) atoms. The second-order valence-electron chi connectivity index (χ2n) is 11.8. The Hall–Kier alpha value is -6.06. The van der Waals surface area contributed by atoms with Gasteiger partial charge in [0.2, 0.25) is 0 Å². The molecule has 8 aromatic rings. The second kappa shape index (κ2) is 10.5. The molecule has 3 nitrogen and oxygen atoms in total. The van der Waals surface area contributed by atoms with Crippen LogP contribution in [0.2, 0.25) is 0 Å². The molecule has 0 fully saturated rings. The molecule has 1 aliphatic rings. The lowest BCUT2D eigenvalue weighted by Crippen LogP contribution is -1.99. The van der Waals surface area contributed by atoms with E-state index < -0.39 is 0 Å². The van der Waals surface area contributed by atoms with E-state index in [1.165, 1.54) is 44.1 Å². The maximum absolute atomic E-state index is 5.19. The third-order valence-electron chi connectivity index (χ3n) is 9.02. The normalized spacial score (nSPS) is 12.5. The van der Waals surface area contributed by atoms with Crippen LogP contribution in [-0.2, 0) is 0 Å². The van der Waals surface area contributed by atoms with Gasteiger partial charge in [-0.2, -0.15) is 0 Å². The van der Waals surface area contributed by atoms with Crippen LogP contribution in [-0.4, -0.2) is 14.5 Å². The number of fused-ring (bicyclic) bond motifs is 6. The molecule has 0 radical (unpaired) electrons. The van der Waals surface area contributed by atoms with E-state index in [4.69, 9.17) is 9.97 Å². The topological polar surface area (TPSA) is 30.7 Å². The summed E-state index contributed by atoms with van der Waals surface area (Å²) in [5, 5.41) is 3.55. The summed E-state index contributed by atoms with van der Waals surface area (Å²) < 4.78 is 2.46. The van der Waals surface area contributed by atoms with Crippen LogP contribution in [0.5, 0.6) is 0 Å². The number of nitrogens with zero attached hydrogens (tertiary/aromatic N) is 3. The molecule has 216 valence electrons. The number of allylic oxidation sites excluding steroid dienone is 1. The maximum Gasteiger partial charge on any atom is 0.160 e. The minimum absolute atomic E-state index is 0.729. The highest BCUT2D eigenvalue weighted by Gasteiger charge is 2.23. The van der Waals surface area contributed by atoms with Gasteiger partial charge < -0.3 is 4.57 Å². The first-order chi connectivity index (χ1) is 22.8. The van der Waals surface area contributed by atoms with Crippen molar-refractivity contribution in [3.63, 3.8) is 0 Å². The molecule has 3 heterocycles. The van der Waals surface area contributed by atoms with Crippen LogP contribution in [0.3, 0.4) is 0 Å². The lowest BCUT2D eigenvalue weighted by molar-refractivity contribution is 1.17. The quantitative estimate of drug-likeness (QED) is 0.205. The highest BCUT2D eigenvalue weighted by Crippen LogP contribution is 2.43. The summed E-state index contributed by atoms with van der Waals surface area (Å²) >= 11 is 0. The van der Waals surface area contributed by atoms with E-state index in [9.17, 15) is 0 Å². The predicted molar refractivity (Wildman–Crippen MR) is 193 cm³/mol. The highest BCUT2D eigenvalue weighted by atomic mass is 15.0. The molecule has 6 aromatic carbocycles. The monoisotopic (exact) mass is 587 g/mol. The highest BCUT2D eigenvalue weighted by molar-refractivity contribution is 6.16. The third-order valence-corrected chi connectivity index (χ3v) is 9.02. The molecule has 0 aliphatic carbocycles. The molecule has 0 saturated heterocycles. The van der Waals surface area contributed by atoms with Crippen molar-refractivity contribution < 1.29 is 0 Å². The minimum atomic E-state index is 0.729. The summed E-state index contributed by atoms with van der Waals surface area (Å²) in [6.07, 6.45) is 6.63. The van der Waals surface area contributed by atoms with Crippen molar-refractivity contribution in [1.29, 1.82) is 0 Å². The van der Waals surface area contributed by atoms with Crippen molar-refractivity contribution in [2.45, 2.75) is 6.92 Å². The van der Waals surface area contributed by atoms with Crippen LogP contribution in [0, 0.1) is 0 Å². The summed E-state index contributed by atoms with van der Waals surface area (Å²) in [6, 6.07) is 49.6. The minimum Gasteiger partial charge on any atom is -0.308 e. The zero-order valence-electron chi connectivity index (χ0n) is 25.4. The van der Waals surface area contributed by atoms with Crippen LogP contribution < -0.4 is 0 Å². The lowest BCUT2D eigenvalue weighted by atomic mass is 9.93. The number of rotatable bonds is 4. The molecule has 0 bridgehead atoms. The molecule has 0 saturated carbocycles. The first kappa shape index (κ1) is 26.4. The van der Waals surface area contributed by atoms with Crippen molar-refractivity contribution in [3.05, 3.63) is 168 Å². The summed E-state index contributed by atoms with van der Waals surface area (Å²) in [6.45, 7) is 2.07. The smallest absolute Gasteiger partial charge is 0.160 e. The average molecular weight is 588 g/mol. The predicted octanol–water partition coefficient (Wildman–Crippen LogP) is 11.0. The van der Waals surface area contributed by atoms with Crippen LogP contribution in [0.4, 0.5) is 0 Å². The van der Waals surface area contributed by atoms with Crippen molar-refractivity contribution in [3.8, 4) is 28.3 Å². The Morgan fingerprint density at radius 3 is 2.17 bits per heavy atom. The van der Waals surface area contributed by atoms with Gasteiger partial charge in [0, 0.05) is 32.8 Å². The van der Waals surface area contributed by atoms with E-state index in [2.05, 4.69) is 145 Å². The van der Waals surface area contributed by atoms with E-state index in [0.717, 1.165) is 44.8 Å². The molecule has 3 heteroatoms. The van der Waals surface area contributed by atoms with E-state index in [1.54, 1.807) is 0 Å². The molecule has 0 N–H and O–H groups in total. The van der Waals surface area contributed by atoms with E-state index in [-0.39, 0.29) is 0 Å². The van der Waals surface area contributed by atoms with Crippen LogP contribution >= 0.6 is 0 Å². The SMILES string of the molecule is C/C=C/c1ccc2c(c1)c1cccc3c1n2-c1ccc(-c2nc(-c4ccccc4)nc4ccccc24)cc1C=C3c1ccccc1. The zero-order chi connectivity index (χ0) is 30.6. The first-order valence-electron chi connectivity index (χ1n) is 15.7. The fourth-order valence-electron chi connectivity index (χ4n) is 6.97. The van der Waals surface area contributed by atoms with Crippen molar-refractivity contribution in [2.24, 2.45) is 0 Å². The fourth-order valence-corrected chi connectivity index (χ4v) is 6.97. The van der Waals surface area contributed by atoms with Gasteiger partial charge in [-0.05, 0) is 65.6 Å². The van der Waals surface area contributed by atoms with Gasteiger partial charge in [-0.25, -0.2) is 9.97 Å². The largest absolute Gasteiger partial charge is 0.308 e. The van der Waals surface area contributed by atoms with E-state index in [1.807, 2.05) is 24.3 Å². The Kier molecular flexibility index (Phi) is 6.04. The van der Waals surface area contributed by atoms with Gasteiger partial charge in [-0.15, -0.1) is 0 Å². The Morgan fingerprint density at radius 1 is 0.587 bits per heavy atom. The lowest BCUT2D eigenvalue weighted by Gasteiger charge is -2.14. The molecule has 0 spiro atoms. The van der Waals surface area contributed by atoms with Gasteiger partial charge in [0.1, 0.15) is 0 Å². The first-order valence-corrected chi connectivity index (χ1v) is 15.7.